The highest BCUT2D eigenvalue weighted by Gasteiger charge is 2.20. The van der Waals surface area contributed by atoms with E-state index >= 15 is 0 Å². The Balaban J connectivity index is 1.26. The van der Waals surface area contributed by atoms with Crippen LogP contribution in [0, 0.1) is 0 Å². The number of piperidine rings is 1. The first kappa shape index (κ1) is 17.5. The number of anilines is 1. The van der Waals surface area contributed by atoms with Crippen molar-refractivity contribution in [2.24, 2.45) is 7.05 Å². The quantitative estimate of drug-likeness (QED) is 0.747. The van der Waals surface area contributed by atoms with E-state index in [1.807, 2.05) is 36.0 Å². The molecule has 4 rings (SSSR count). The van der Waals surface area contributed by atoms with Gasteiger partial charge in [0.1, 0.15) is 0 Å². The molecule has 0 aliphatic carbocycles. The largest absolute Gasteiger partial charge is 0.335 e. The van der Waals surface area contributed by atoms with Gasteiger partial charge < -0.3 is 10.6 Å². The van der Waals surface area contributed by atoms with Crippen LogP contribution in [0.15, 0.2) is 54.7 Å². The van der Waals surface area contributed by atoms with E-state index in [1.54, 1.807) is 6.20 Å². The van der Waals surface area contributed by atoms with Crippen molar-refractivity contribution in [3.05, 3.63) is 60.3 Å². The Bertz CT molecular complexity index is 913. The minimum absolute atomic E-state index is 0.139. The first-order valence-corrected chi connectivity index (χ1v) is 9.43. The maximum atomic E-state index is 12.3. The molecule has 0 saturated carbocycles. The summed E-state index contributed by atoms with van der Waals surface area (Å²) in [4.78, 5) is 14.8. The number of hydrogen-bond acceptors (Lipinski definition) is 3. The molecule has 6 nitrogen and oxygen atoms in total. The number of aryl methyl sites for hydroxylation is 1. The Labute approximate surface area is 159 Å². The second-order valence-corrected chi connectivity index (χ2v) is 7.18. The molecule has 1 aromatic heterocycles. The monoisotopic (exact) mass is 363 g/mol. The summed E-state index contributed by atoms with van der Waals surface area (Å²) in [5.74, 6) is 0. The highest BCUT2D eigenvalue weighted by atomic mass is 16.2. The smallest absolute Gasteiger partial charge is 0.319 e. The van der Waals surface area contributed by atoms with Gasteiger partial charge in [0, 0.05) is 43.8 Å². The summed E-state index contributed by atoms with van der Waals surface area (Å²) in [6, 6.07) is 16.4. The molecule has 3 aromatic rings. The molecule has 1 aliphatic rings. The summed E-state index contributed by atoms with van der Waals surface area (Å²) in [5.41, 5.74) is 3.17. The van der Waals surface area contributed by atoms with Crippen LogP contribution in [0.1, 0.15) is 18.4 Å². The Hall–Kier alpha value is -2.86. The van der Waals surface area contributed by atoms with E-state index in [1.165, 1.54) is 5.56 Å². The van der Waals surface area contributed by atoms with Crippen LogP contribution in [0.25, 0.3) is 10.9 Å². The van der Waals surface area contributed by atoms with Crippen molar-refractivity contribution in [2.75, 3.05) is 18.4 Å². The van der Waals surface area contributed by atoms with Gasteiger partial charge in [0.15, 0.2) is 0 Å². The molecule has 1 aliphatic heterocycles. The minimum atomic E-state index is -0.139. The number of carbonyl (C=O) groups is 1. The molecule has 6 heteroatoms. The van der Waals surface area contributed by atoms with E-state index in [9.17, 15) is 4.79 Å². The van der Waals surface area contributed by atoms with Gasteiger partial charge in [-0.15, -0.1) is 0 Å². The Morgan fingerprint density at radius 2 is 1.93 bits per heavy atom. The van der Waals surface area contributed by atoms with Crippen molar-refractivity contribution >= 4 is 22.6 Å². The Kier molecular flexibility index (Phi) is 5.07. The van der Waals surface area contributed by atoms with E-state index < -0.39 is 0 Å². The third-order valence-corrected chi connectivity index (χ3v) is 5.18. The van der Waals surface area contributed by atoms with E-state index in [0.29, 0.717) is 0 Å². The Morgan fingerprint density at radius 1 is 1.15 bits per heavy atom. The lowest BCUT2D eigenvalue weighted by molar-refractivity contribution is 0.190. The molecule has 2 N–H and O–H groups in total. The molecule has 0 unspecified atom stereocenters. The fraction of sp³-hybridized carbons (Fsp3) is 0.333. The average molecular weight is 363 g/mol. The lowest BCUT2D eigenvalue weighted by Crippen LogP contribution is -2.45. The molecule has 0 radical (unpaired) electrons. The number of urea groups is 1. The van der Waals surface area contributed by atoms with E-state index in [-0.39, 0.29) is 12.1 Å². The third-order valence-electron chi connectivity index (χ3n) is 5.18. The average Bonchev–Trinajstić information content (AvgIpc) is 3.04. The van der Waals surface area contributed by atoms with Crippen molar-refractivity contribution in [1.82, 2.24) is 20.0 Å². The second kappa shape index (κ2) is 7.80. The van der Waals surface area contributed by atoms with Gasteiger partial charge in [-0.2, -0.15) is 5.10 Å². The zero-order chi connectivity index (χ0) is 18.6. The molecule has 2 amide bonds. The number of fused-ring (bicyclic) bond motifs is 1. The van der Waals surface area contributed by atoms with Gasteiger partial charge >= 0.3 is 6.03 Å². The molecule has 1 fully saturated rings. The van der Waals surface area contributed by atoms with Crippen LogP contribution in [0.2, 0.25) is 0 Å². The van der Waals surface area contributed by atoms with Crippen LogP contribution in [-0.4, -0.2) is 39.8 Å². The number of amides is 2. The zero-order valence-electron chi connectivity index (χ0n) is 15.6. The summed E-state index contributed by atoms with van der Waals surface area (Å²) in [7, 11) is 1.91. The molecule has 2 aromatic carbocycles. The number of nitrogens with zero attached hydrogens (tertiary/aromatic N) is 3. The summed E-state index contributed by atoms with van der Waals surface area (Å²) in [6.07, 6.45) is 3.75. The first-order chi connectivity index (χ1) is 13.2. The summed E-state index contributed by atoms with van der Waals surface area (Å²) in [6.45, 7) is 2.98. The summed E-state index contributed by atoms with van der Waals surface area (Å²) in [5, 5.41) is 11.3. The predicted molar refractivity (Wildman–Crippen MR) is 108 cm³/mol. The van der Waals surface area contributed by atoms with E-state index in [2.05, 4.69) is 44.9 Å². The van der Waals surface area contributed by atoms with Gasteiger partial charge in [-0.05, 0) is 36.6 Å². The van der Waals surface area contributed by atoms with Crippen molar-refractivity contribution in [1.29, 1.82) is 0 Å². The molecule has 0 atom stereocenters. The van der Waals surface area contributed by atoms with Crippen molar-refractivity contribution in [2.45, 2.75) is 25.4 Å². The minimum Gasteiger partial charge on any atom is -0.335 e. The fourth-order valence-corrected chi connectivity index (χ4v) is 3.67. The van der Waals surface area contributed by atoms with Gasteiger partial charge in [0.2, 0.25) is 0 Å². The van der Waals surface area contributed by atoms with Gasteiger partial charge in [-0.25, -0.2) is 4.79 Å². The first-order valence-electron chi connectivity index (χ1n) is 9.43. The highest BCUT2D eigenvalue weighted by Crippen LogP contribution is 2.19. The van der Waals surface area contributed by atoms with Crippen LogP contribution in [0.4, 0.5) is 10.5 Å². The van der Waals surface area contributed by atoms with Gasteiger partial charge in [0.25, 0.3) is 0 Å². The second-order valence-electron chi connectivity index (χ2n) is 7.18. The molecule has 140 valence electrons. The maximum Gasteiger partial charge on any atom is 0.319 e. The van der Waals surface area contributed by atoms with Gasteiger partial charge in [-0.3, -0.25) is 9.58 Å². The summed E-state index contributed by atoms with van der Waals surface area (Å²) < 4.78 is 1.82. The van der Waals surface area contributed by atoms with Crippen molar-refractivity contribution in [3.63, 3.8) is 0 Å². The van der Waals surface area contributed by atoms with Crippen LogP contribution in [0.3, 0.4) is 0 Å². The lowest BCUT2D eigenvalue weighted by Gasteiger charge is -2.32. The molecule has 1 saturated heterocycles. The standard InChI is InChI=1S/C21H25N5O/c1-25-20-8-7-19(13-17(20)14-22-25)24-21(27)23-18-9-11-26(12-10-18)15-16-5-3-2-4-6-16/h2-8,13-14,18H,9-12,15H2,1H3,(H2,23,24,27). The highest BCUT2D eigenvalue weighted by molar-refractivity contribution is 5.92. The van der Waals surface area contributed by atoms with Crippen molar-refractivity contribution < 1.29 is 4.79 Å². The number of rotatable bonds is 4. The van der Waals surface area contributed by atoms with Crippen LogP contribution < -0.4 is 10.6 Å². The molecular weight excluding hydrogens is 338 g/mol. The normalized spacial score (nSPS) is 15.7. The van der Waals surface area contributed by atoms with Crippen molar-refractivity contribution in [3.8, 4) is 0 Å². The topological polar surface area (TPSA) is 62.2 Å². The number of hydrogen-bond donors (Lipinski definition) is 2. The zero-order valence-corrected chi connectivity index (χ0v) is 15.6. The number of nitrogens with one attached hydrogen (secondary N) is 2. The predicted octanol–water partition coefficient (Wildman–Crippen LogP) is 3.36. The number of carbonyl (C=O) groups excluding carboxylic acids is 1. The van der Waals surface area contributed by atoms with Crippen LogP contribution in [0.5, 0.6) is 0 Å². The van der Waals surface area contributed by atoms with Crippen LogP contribution >= 0.6 is 0 Å². The lowest BCUT2D eigenvalue weighted by atomic mass is 10.0. The number of aromatic nitrogens is 2. The molecule has 0 bridgehead atoms. The molecule has 2 heterocycles. The number of benzene rings is 2. The number of likely N-dealkylation sites (tertiary alicyclic amines) is 1. The fourth-order valence-electron chi connectivity index (χ4n) is 3.67. The van der Waals surface area contributed by atoms with E-state index in [4.69, 9.17) is 0 Å². The van der Waals surface area contributed by atoms with Gasteiger partial charge in [0.05, 0.1) is 11.7 Å². The van der Waals surface area contributed by atoms with Crippen LogP contribution in [-0.2, 0) is 13.6 Å². The molecule has 27 heavy (non-hydrogen) atoms. The molecule has 0 spiro atoms. The SMILES string of the molecule is Cn1ncc2cc(NC(=O)NC3CCN(Cc4ccccc4)CC3)ccc21. The maximum absolute atomic E-state index is 12.3. The summed E-state index contributed by atoms with van der Waals surface area (Å²) >= 11 is 0. The third kappa shape index (κ3) is 4.28. The Morgan fingerprint density at radius 3 is 2.70 bits per heavy atom. The van der Waals surface area contributed by atoms with Gasteiger partial charge in [-0.1, -0.05) is 30.3 Å². The molecular formula is C21H25N5O. The van der Waals surface area contributed by atoms with E-state index in [0.717, 1.165) is 49.1 Å².